The maximum atomic E-state index is 12.5. The van der Waals surface area contributed by atoms with Gasteiger partial charge >= 0.3 is 6.18 Å². The highest BCUT2D eigenvalue weighted by Gasteiger charge is 2.30. The average Bonchev–Trinajstić information content (AvgIpc) is 2.91. The molecule has 0 amide bonds. The molecule has 0 aliphatic heterocycles. The monoisotopic (exact) mass is 278 g/mol. The zero-order chi connectivity index (χ0) is 14.4. The summed E-state index contributed by atoms with van der Waals surface area (Å²) in [6.45, 7) is 0. The molecule has 0 aliphatic carbocycles. The third-order valence-electron chi connectivity index (χ3n) is 2.75. The molecule has 1 nitrogen and oxygen atoms in total. The Hall–Kier alpha value is -2.15. The molecule has 4 heteroatoms. The van der Waals surface area contributed by atoms with Gasteiger partial charge in [-0.1, -0.05) is 24.1 Å². The van der Waals surface area contributed by atoms with Crippen LogP contribution in [-0.4, -0.2) is 0 Å². The second-order valence-electron chi connectivity index (χ2n) is 4.33. The number of aryl methyl sites for hydroxylation is 1. The molecule has 0 spiro atoms. The third kappa shape index (κ3) is 4.20. The van der Waals surface area contributed by atoms with Crippen LogP contribution in [0.4, 0.5) is 13.2 Å². The molecule has 0 bridgehead atoms. The van der Waals surface area contributed by atoms with E-state index in [1.54, 1.807) is 24.5 Å². The predicted octanol–water partition coefficient (Wildman–Crippen LogP) is 4.67. The van der Waals surface area contributed by atoms with Crippen LogP contribution in [-0.2, 0) is 12.6 Å². The molecule has 104 valence electrons. The van der Waals surface area contributed by atoms with Gasteiger partial charge in [-0.25, -0.2) is 0 Å². The fourth-order valence-electron chi connectivity index (χ4n) is 1.78. The second kappa shape index (κ2) is 6.33. The van der Waals surface area contributed by atoms with Crippen LogP contribution in [0, 0.1) is 11.8 Å². The molecule has 0 fully saturated rings. The zero-order valence-corrected chi connectivity index (χ0v) is 10.7. The van der Waals surface area contributed by atoms with Crippen molar-refractivity contribution in [2.45, 2.75) is 25.4 Å². The van der Waals surface area contributed by atoms with Crippen molar-refractivity contribution in [3.05, 3.63) is 59.5 Å². The minimum atomic E-state index is -4.28. The summed E-state index contributed by atoms with van der Waals surface area (Å²) in [5.41, 5.74) is 0.0799. The van der Waals surface area contributed by atoms with Crippen LogP contribution in [0.1, 0.15) is 29.7 Å². The van der Waals surface area contributed by atoms with Crippen molar-refractivity contribution in [3.63, 3.8) is 0 Å². The van der Waals surface area contributed by atoms with Gasteiger partial charge in [0.1, 0.15) is 0 Å². The molecular formula is C16H13F3O. The molecule has 0 aliphatic rings. The Labute approximate surface area is 115 Å². The van der Waals surface area contributed by atoms with Crippen molar-refractivity contribution < 1.29 is 17.6 Å². The SMILES string of the molecule is FC(F)(F)c1cccc(CCCC#Cc2ccco2)c1. The van der Waals surface area contributed by atoms with Gasteiger partial charge in [0.25, 0.3) is 0 Å². The van der Waals surface area contributed by atoms with E-state index in [-0.39, 0.29) is 0 Å². The van der Waals surface area contributed by atoms with Gasteiger partial charge in [0.05, 0.1) is 11.8 Å². The molecule has 1 aromatic heterocycles. The lowest BCUT2D eigenvalue weighted by Crippen LogP contribution is -2.05. The first kappa shape index (κ1) is 14.3. The fraction of sp³-hybridized carbons (Fsp3) is 0.250. The maximum Gasteiger partial charge on any atom is 0.416 e. The molecule has 0 radical (unpaired) electrons. The number of halogens is 3. The van der Waals surface area contributed by atoms with E-state index in [9.17, 15) is 13.2 Å². The summed E-state index contributed by atoms with van der Waals surface area (Å²) in [7, 11) is 0. The minimum absolute atomic E-state index is 0.580. The molecular weight excluding hydrogens is 265 g/mol. The Kier molecular flexibility index (Phi) is 4.52. The zero-order valence-electron chi connectivity index (χ0n) is 10.7. The summed E-state index contributed by atoms with van der Waals surface area (Å²) in [6.07, 6.45) is -0.815. The average molecular weight is 278 g/mol. The van der Waals surface area contributed by atoms with Crippen molar-refractivity contribution in [2.24, 2.45) is 0 Å². The summed E-state index contributed by atoms with van der Waals surface area (Å²) >= 11 is 0. The van der Waals surface area contributed by atoms with E-state index < -0.39 is 11.7 Å². The first-order valence-corrected chi connectivity index (χ1v) is 6.24. The number of rotatable bonds is 3. The molecule has 0 saturated heterocycles. The Morgan fingerprint density at radius 3 is 2.65 bits per heavy atom. The highest BCUT2D eigenvalue weighted by atomic mass is 19.4. The van der Waals surface area contributed by atoms with Crippen LogP contribution in [0.3, 0.4) is 0 Å². The van der Waals surface area contributed by atoms with Crippen molar-refractivity contribution in [3.8, 4) is 11.8 Å². The number of unbranched alkanes of at least 4 members (excludes halogenated alkanes) is 1. The highest BCUT2D eigenvalue weighted by molar-refractivity contribution is 5.26. The summed E-state index contributed by atoms with van der Waals surface area (Å²) in [6, 6.07) is 8.94. The van der Waals surface area contributed by atoms with Gasteiger partial charge < -0.3 is 4.42 Å². The number of alkyl halides is 3. The van der Waals surface area contributed by atoms with Gasteiger partial charge in [0.2, 0.25) is 0 Å². The standard InChI is InChI=1S/C16H13F3O/c17-16(18,19)14-8-4-7-13(12-14)6-2-1-3-9-15-10-5-11-20-15/h4-5,7-8,10-12H,1-2,6H2. The van der Waals surface area contributed by atoms with Crippen LogP contribution in [0.15, 0.2) is 47.1 Å². The van der Waals surface area contributed by atoms with Crippen LogP contribution in [0.2, 0.25) is 0 Å². The predicted molar refractivity (Wildman–Crippen MR) is 70.0 cm³/mol. The number of hydrogen-bond donors (Lipinski definition) is 0. The van der Waals surface area contributed by atoms with Gasteiger partial charge in [-0.15, -0.1) is 0 Å². The van der Waals surface area contributed by atoms with Crippen molar-refractivity contribution in [1.82, 2.24) is 0 Å². The van der Waals surface area contributed by atoms with E-state index >= 15 is 0 Å². The summed E-state index contributed by atoms with van der Waals surface area (Å²) in [4.78, 5) is 0. The normalized spacial score (nSPS) is 10.9. The van der Waals surface area contributed by atoms with E-state index in [2.05, 4.69) is 11.8 Å². The first-order valence-electron chi connectivity index (χ1n) is 6.24. The fourth-order valence-corrected chi connectivity index (χ4v) is 1.78. The lowest BCUT2D eigenvalue weighted by molar-refractivity contribution is -0.137. The summed E-state index contributed by atoms with van der Waals surface area (Å²) < 4.78 is 42.7. The van der Waals surface area contributed by atoms with E-state index in [1.807, 2.05) is 0 Å². The van der Waals surface area contributed by atoms with E-state index in [0.717, 1.165) is 12.5 Å². The van der Waals surface area contributed by atoms with Crippen molar-refractivity contribution in [2.75, 3.05) is 0 Å². The Morgan fingerprint density at radius 2 is 1.95 bits per heavy atom. The lowest BCUT2D eigenvalue weighted by atomic mass is 10.1. The molecule has 0 N–H and O–H groups in total. The maximum absolute atomic E-state index is 12.5. The number of furan rings is 1. The van der Waals surface area contributed by atoms with Gasteiger partial charge in [-0.2, -0.15) is 13.2 Å². The van der Waals surface area contributed by atoms with Crippen molar-refractivity contribution >= 4 is 0 Å². The molecule has 1 heterocycles. The van der Waals surface area contributed by atoms with Crippen LogP contribution < -0.4 is 0 Å². The topological polar surface area (TPSA) is 13.1 Å². The second-order valence-corrected chi connectivity index (χ2v) is 4.33. The Bertz CT molecular complexity index is 601. The van der Waals surface area contributed by atoms with Gasteiger partial charge in [0.15, 0.2) is 5.76 Å². The van der Waals surface area contributed by atoms with Crippen LogP contribution in [0.25, 0.3) is 0 Å². The minimum Gasteiger partial charge on any atom is -0.456 e. The number of hydrogen-bond acceptors (Lipinski definition) is 1. The quantitative estimate of drug-likeness (QED) is 0.587. The van der Waals surface area contributed by atoms with Crippen LogP contribution >= 0.6 is 0 Å². The molecule has 20 heavy (non-hydrogen) atoms. The summed E-state index contributed by atoms with van der Waals surface area (Å²) in [5.74, 6) is 6.39. The van der Waals surface area contributed by atoms with Gasteiger partial charge in [0, 0.05) is 6.42 Å². The molecule has 0 unspecified atom stereocenters. The Balaban J connectivity index is 1.85. The van der Waals surface area contributed by atoms with Crippen molar-refractivity contribution in [1.29, 1.82) is 0 Å². The molecule has 0 saturated carbocycles. The smallest absolute Gasteiger partial charge is 0.416 e. The van der Waals surface area contributed by atoms with E-state index in [0.29, 0.717) is 24.2 Å². The van der Waals surface area contributed by atoms with Gasteiger partial charge in [-0.05, 0) is 42.5 Å². The van der Waals surface area contributed by atoms with E-state index in [1.165, 1.54) is 12.1 Å². The van der Waals surface area contributed by atoms with Gasteiger partial charge in [-0.3, -0.25) is 0 Å². The van der Waals surface area contributed by atoms with Crippen LogP contribution in [0.5, 0.6) is 0 Å². The molecule has 2 rings (SSSR count). The highest BCUT2D eigenvalue weighted by Crippen LogP contribution is 2.29. The largest absolute Gasteiger partial charge is 0.456 e. The lowest BCUT2D eigenvalue weighted by Gasteiger charge is -2.08. The summed E-state index contributed by atoms with van der Waals surface area (Å²) in [5, 5.41) is 0. The third-order valence-corrected chi connectivity index (χ3v) is 2.75. The first-order chi connectivity index (χ1) is 9.55. The number of benzene rings is 1. The van der Waals surface area contributed by atoms with E-state index in [4.69, 9.17) is 4.42 Å². The molecule has 2 aromatic rings. The Morgan fingerprint density at radius 1 is 1.10 bits per heavy atom. The molecule has 0 atom stereocenters. The molecule has 1 aromatic carbocycles.